The van der Waals surface area contributed by atoms with Crippen LogP contribution in [0.2, 0.25) is 0 Å². The lowest BCUT2D eigenvalue weighted by molar-refractivity contribution is 0.193. The fraction of sp³-hybridized carbons (Fsp3) is 0.421. The number of carbonyl (C=O) groups is 1. The van der Waals surface area contributed by atoms with Crippen LogP contribution in [0.4, 0.5) is 10.6 Å². The normalized spacial score (nSPS) is 22.6. The number of rotatable bonds is 3. The smallest absolute Gasteiger partial charge is 0.317 e. The molecule has 1 aliphatic heterocycles. The maximum Gasteiger partial charge on any atom is 0.317 e. The zero-order valence-electron chi connectivity index (χ0n) is 14.4. The first-order chi connectivity index (χ1) is 12.2. The van der Waals surface area contributed by atoms with Crippen LogP contribution in [0.15, 0.2) is 42.6 Å². The van der Waals surface area contributed by atoms with Gasteiger partial charge in [-0.05, 0) is 25.0 Å². The highest BCUT2D eigenvalue weighted by Crippen LogP contribution is 2.40. The molecule has 1 saturated carbocycles. The second-order valence-electron chi connectivity index (χ2n) is 6.75. The summed E-state index contributed by atoms with van der Waals surface area (Å²) in [5.41, 5.74) is 1.32. The first-order valence-corrected chi connectivity index (χ1v) is 8.86. The predicted molar refractivity (Wildman–Crippen MR) is 96.7 cm³/mol. The minimum absolute atomic E-state index is 0.0574. The average Bonchev–Trinajstić information content (AvgIpc) is 3.42. The van der Waals surface area contributed by atoms with Crippen molar-refractivity contribution < 1.29 is 4.79 Å². The van der Waals surface area contributed by atoms with Gasteiger partial charge in [-0.3, -0.25) is 0 Å². The van der Waals surface area contributed by atoms with Gasteiger partial charge in [0, 0.05) is 44.3 Å². The van der Waals surface area contributed by atoms with Gasteiger partial charge in [0.1, 0.15) is 11.6 Å². The Morgan fingerprint density at radius 1 is 1.12 bits per heavy atom. The number of carbonyl (C=O) groups excluding carboxylic acids is 1. The third kappa shape index (κ3) is 3.57. The monoisotopic (exact) mass is 337 g/mol. The van der Waals surface area contributed by atoms with Crippen molar-refractivity contribution in [2.24, 2.45) is 0 Å². The van der Waals surface area contributed by atoms with Crippen LogP contribution in [0, 0.1) is 6.92 Å². The van der Waals surface area contributed by atoms with Crippen LogP contribution in [-0.2, 0) is 0 Å². The maximum atomic E-state index is 12.5. The van der Waals surface area contributed by atoms with Crippen molar-refractivity contribution in [1.82, 2.24) is 20.2 Å². The molecule has 1 N–H and O–H groups in total. The molecular formula is C19H23N5O. The van der Waals surface area contributed by atoms with E-state index in [0.717, 1.165) is 44.2 Å². The summed E-state index contributed by atoms with van der Waals surface area (Å²) in [7, 11) is 0. The molecule has 1 aromatic carbocycles. The molecule has 0 bridgehead atoms. The van der Waals surface area contributed by atoms with Crippen LogP contribution in [0.25, 0.3) is 0 Å². The lowest BCUT2D eigenvalue weighted by Gasteiger charge is -2.35. The maximum absolute atomic E-state index is 12.5. The number of piperazine rings is 1. The third-order valence-electron chi connectivity index (χ3n) is 4.98. The number of aromatic nitrogens is 2. The average molecular weight is 337 g/mol. The lowest BCUT2D eigenvalue weighted by atomic mass is 10.1. The second-order valence-corrected chi connectivity index (χ2v) is 6.75. The fourth-order valence-electron chi connectivity index (χ4n) is 3.43. The Hall–Kier alpha value is -2.63. The van der Waals surface area contributed by atoms with Gasteiger partial charge in [0.25, 0.3) is 0 Å². The van der Waals surface area contributed by atoms with Gasteiger partial charge in [-0.25, -0.2) is 14.8 Å². The van der Waals surface area contributed by atoms with E-state index in [1.807, 2.05) is 24.0 Å². The summed E-state index contributed by atoms with van der Waals surface area (Å²) in [6, 6.07) is 12.7. The minimum atomic E-state index is 0.0574. The van der Waals surface area contributed by atoms with Crippen LogP contribution < -0.4 is 10.2 Å². The Morgan fingerprint density at radius 2 is 1.88 bits per heavy atom. The minimum Gasteiger partial charge on any atom is -0.353 e. The Labute approximate surface area is 147 Å². The van der Waals surface area contributed by atoms with Gasteiger partial charge in [-0.2, -0.15) is 0 Å². The van der Waals surface area contributed by atoms with Gasteiger partial charge in [-0.1, -0.05) is 30.3 Å². The molecule has 2 amide bonds. The van der Waals surface area contributed by atoms with Crippen molar-refractivity contribution >= 4 is 11.8 Å². The van der Waals surface area contributed by atoms with E-state index in [1.54, 1.807) is 6.20 Å². The molecule has 1 aromatic heterocycles. The van der Waals surface area contributed by atoms with Crippen molar-refractivity contribution in [3.8, 4) is 0 Å². The summed E-state index contributed by atoms with van der Waals surface area (Å²) in [4.78, 5) is 25.2. The molecule has 0 radical (unpaired) electrons. The number of hydrogen-bond acceptors (Lipinski definition) is 4. The molecule has 2 fully saturated rings. The molecular weight excluding hydrogens is 314 g/mol. The van der Waals surface area contributed by atoms with Crippen LogP contribution >= 0.6 is 0 Å². The number of nitrogens with one attached hydrogen (secondary N) is 1. The Morgan fingerprint density at radius 3 is 2.60 bits per heavy atom. The summed E-state index contributed by atoms with van der Waals surface area (Å²) in [6.07, 6.45) is 2.82. The summed E-state index contributed by atoms with van der Waals surface area (Å²) in [6.45, 7) is 4.94. The van der Waals surface area contributed by atoms with Crippen molar-refractivity contribution in [1.29, 1.82) is 0 Å². The van der Waals surface area contributed by atoms with Gasteiger partial charge in [0.05, 0.1) is 0 Å². The Balaban J connectivity index is 1.28. The first-order valence-electron chi connectivity index (χ1n) is 8.86. The van der Waals surface area contributed by atoms with Gasteiger partial charge in [0.2, 0.25) is 0 Å². The van der Waals surface area contributed by atoms with Crippen molar-refractivity contribution in [3.63, 3.8) is 0 Å². The molecule has 1 saturated heterocycles. The molecule has 2 aromatic rings. The number of anilines is 1. The molecule has 2 aliphatic rings. The van der Waals surface area contributed by atoms with Crippen LogP contribution in [-0.4, -0.2) is 53.1 Å². The largest absolute Gasteiger partial charge is 0.353 e. The summed E-state index contributed by atoms with van der Waals surface area (Å²) < 4.78 is 0. The molecule has 0 spiro atoms. The second kappa shape index (κ2) is 6.70. The molecule has 4 rings (SSSR count). The summed E-state index contributed by atoms with van der Waals surface area (Å²) in [5.74, 6) is 2.19. The highest BCUT2D eigenvalue weighted by molar-refractivity contribution is 5.75. The highest BCUT2D eigenvalue weighted by atomic mass is 16.2. The van der Waals surface area contributed by atoms with E-state index in [-0.39, 0.29) is 12.1 Å². The van der Waals surface area contributed by atoms with E-state index >= 15 is 0 Å². The fourth-order valence-corrected chi connectivity index (χ4v) is 3.43. The van der Waals surface area contributed by atoms with E-state index in [9.17, 15) is 4.79 Å². The first kappa shape index (κ1) is 15.9. The van der Waals surface area contributed by atoms with Crippen LogP contribution in [0.1, 0.15) is 23.7 Å². The third-order valence-corrected chi connectivity index (χ3v) is 4.98. The van der Waals surface area contributed by atoms with E-state index in [2.05, 4.69) is 44.5 Å². The van der Waals surface area contributed by atoms with E-state index in [0.29, 0.717) is 5.92 Å². The van der Waals surface area contributed by atoms with Gasteiger partial charge >= 0.3 is 6.03 Å². The summed E-state index contributed by atoms with van der Waals surface area (Å²) in [5, 5.41) is 3.18. The van der Waals surface area contributed by atoms with E-state index in [4.69, 9.17) is 0 Å². The number of aryl methyl sites for hydroxylation is 1. The van der Waals surface area contributed by atoms with Crippen molar-refractivity contribution in [2.45, 2.75) is 25.3 Å². The Bertz CT molecular complexity index is 742. The van der Waals surface area contributed by atoms with Crippen molar-refractivity contribution in [2.75, 3.05) is 31.1 Å². The molecule has 1 aliphatic carbocycles. The number of benzene rings is 1. The topological polar surface area (TPSA) is 61.4 Å². The molecule has 2 atom stereocenters. The molecule has 25 heavy (non-hydrogen) atoms. The lowest BCUT2D eigenvalue weighted by Crippen LogP contribution is -2.52. The summed E-state index contributed by atoms with van der Waals surface area (Å²) >= 11 is 0. The highest BCUT2D eigenvalue weighted by Gasteiger charge is 2.40. The van der Waals surface area contributed by atoms with Gasteiger partial charge in [-0.15, -0.1) is 0 Å². The van der Waals surface area contributed by atoms with Crippen LogP contribution in [0.3, 0.4) is 0 Å². The number of nitrogens with zero attached hydrogens (tertiary/aromatic N) is 4. The number of urea groups is 1. The molecule has 6 nitrogen and oxygen atoms in total. The molecule has 0 unspecified atom stereocenters. The molecule has 6 heteroatoms. The predicted octanol–water partition coefficient (Wildman–Crippen LogP) is 2.17. The quantitative estimate of drug-likeness (QED) is 0.932. The zero-order chi connectivity index (χ0) is 17.2. The standard InChI is InChI=1S/C19H23N5O/c1-14-20-8-7-18(21-14)23-9-11-24(12-10-23)19(25)22-17-13-16(17)15-5-3-2-4-6-15/h2-8,16-17H,9-13H2,1H3,(H,22,25)/t16-,17-/m0/s1. The Kier molecular flexibility index (Phi) is 4.26. The molecule has 130 valence electrons. The van der Waals surface area contributed by atoms with Gasteiger partial charge in [0.15, 0.2) is 0 Å². The van der Waals surface area contributed by atoms with E-state index in [1.165, 1.54) is 5.56 Å². The SMILES string of the molecule is Cc1nccc(N2CCN(C(=O)N[C@H]3C[C@H]3c3ccccc3)CC2)n1. The van der Waals surface area contributed by atoms with Crippen LogP contribution in [0.5, 0.6) is 0 Å². The number of hydrogen-bond donors (Lipinski definition) is 1. The molecule has 2 heterocycles. The van der Waals surface area contributed by atoms with Crippen molar-refractivity contribution in [3.05, 3.63) is 54.0 Å². The zero-order valence-corrected chi connectivity index (χ0v) is 14.4. The number of amides is 2. The van der Waals surface area contributed by atoms with E-state index < -0.39 is 0 Å². The van der Waals surface area contributed by atoms with Gasteiger partial charge < -0.3 is 15.1 Å².